The van der Waals surface area contributed by atoms with Gasteiger partial charge in [-0.1, -0.05) is 24.6 Å². The van der Waals surface area contributed by atoms with Gasteiger partial charge in [0.15, 0.2) is 0 Å². The molecule has 1 aromatic carbocycles. The van der Waals surface area contributed by atoms with Gasteiger partial charge in [-0.25, -0.2) is 4.39 Å². The second kappa shape index (κ2) is 5.55. The highest BCUT2D eigenvalue weighted by atomic mass is 35.5. The summed E-state index contributed by atoms with van der Waals surface area (Å²) in [6, 6.07) is 4.93. The van der Waals surface area contributed by atoms with Crippen molar-refractivity contribution in [2.75, 3.05) is 19.6 Å². The Bertz CT molecular complexity index is 424. The molecule has 0 saturated carbocycles. The maximum absolute atomic E-state index is 13.8. The van der Waals surface area contributed by atoms with Gasteiger partial charge in [-0.05, 0) is 25.5 Å². The van der Waals surface area contributed by atoms with Gasteiger partial charge in [-0.15, -0.1) is 0 Å². The SMILES string of the molecule is CCC1(C)CNCCN1Cc1ccc(Cl)cc1F. The van der Waals surface area contributed by atoms with Crippen molar-refractivity contribution in [1.29, 1.82) is 0 Å². The Kier molecular flexibility index (Phi) is 4.25. The lowest BCUT2D eigenvalue weighted by Crippen LogP contribution is -2.58. The molecule has 1 atom stereocenters. The fourth-order valence-corrected chi connectivity index (χ4v) is 2.59. The summed E-state index contributed by atoms with van der Waals surface area (Å²) in [6.07, 6.45) is 1.05. The molecule has 0 radical (unpaired) electrons. The van der Waals surface area contributed by atoms with Crippen LogP contribution in [-0.2, 0) is 6.54 Å². The Morgan fingerprint density at radius 2 is 2.28 bits per heavy atom. The largest absolute Gasteiger partial charge is 0.314 e. The van der Waals surface area contributed by atoms with Crippen molar-refractivity contribution in [2.45, 2.75) is 32.4 Å². The van der Waals surface area contributed by atoms with E-state index in [2.05, 4.69) is 24.1 Å². The molecule has 0 spiro atoms. The average Bonchev–Trinajstić information content (AvgIpc) is 2.35. The molecule has 0 bridgehead atoms. The summed E-state index contributed by atoms with van der Waals surface area (Å²) in [6.45, 7) is 7.93. The number of benzene rings is 1. The van der Waals surface area contributed by atoms with E-state index in [1.165, 1.54) is 6.07 Å². The molecule has 1 heterocycles. The van der Waals surface area contributed by atoms with Crippen molar-refractivity contribution in [2.24, 2.45) is 0 Å². The third-order valence-corrected chi connectivity index (χ3v) is 4.20. The molecule has 1 unspecified atom stereocenters. The molecule has 4 heteroatoms. The van der Waals surface area contributed by atoms with Crippen LogP contribution in [0.4, 0.5) is 4.39 Å². The van der Waals surface area contributed by atoms with Crippen molar-refractivity contribution in [3.8, 4) is 0 Å². The van der Waals surface area contributed by atoms with Crippen LogP contribution in [0.5, 0.6) is 0 Å². The topological polar surface area (TPSA) is 15.3 Å². The minimum Gasteiger partial charge on any atom is -0.314 e. The fraction of sp³-hybridized carbons (Fsp3) is 0.571. The zero-order valence-corrected chi connectivity index (χ0v) is 11.7. The van der Waals surface area contributed by atoms with Crippen LogP contribution in [0.3, 0.4) is 0 Å². The minimum atomic E-state index is -0.209. The number of nitrogens with one attached hydrogen (secondary N) is 1. The van der Waals surface area contributed by atoms with Crippen LogP contribution in [-0.4, -0.2) is 30.1 Å². The number of hydrogen-bond acceptors (Lipinski definition) is 2. The van der Waals surface area contributed by atoms with Crippen LogP contribution in [0, 0.1) is 5.82 Å². The molecule has 1 fully saturated rings. The standard InChI is InChI=1S/C14H20ClFN2/c1-3-14(2)10-17-6-7-18(14)9-11-4-5-12(15)8-13(11)16/h4-5,8,17H,3,6-7,9-10H2,1-2H3. The molecular formula is C14H20ClFN2. The molecule has 0 aliphatic carbocycles. The van der Waals surface area contributed by atoms with Gasteiger partial charge < -0.3 is 5.32 Å². The van der Waals surface area contributed by atoms with Gasteiger partial charge in [0, 0.05) is 42.3 Å². The lowest BCUT2D eigenvalue weighted by Gasteiger charge is -2.45. The Labute approximate surface area is 113 Å². The zero-order chi connectivity index (χ0) is 13.2. The Hall–Kier alpha value is -0.640. The van der Waals surface area contributed by atoms with Crippen LogP contribution >= 0.6 is 11.6 Å². The summed E-state index contributed by atoms with van der Waals surface area (Å²) in [4.78, 5) is 2.36. The molecule has 1 aromatic rings. The van der Waals surface area contributed by atoms with E-state index in [0.29, 0.717) is 11.6 Å². The highest BCUT2D eigenvalue weighted by molar-refractivity contribution is 6.30. The Balaban J connectivity index is 2.16. The van der Waals surface area contributed by atoms with Gasteiger partial charge >= 0.3 is 0 Å². The number of halogens is 2. The van der Waals surface area contributed by atoms with E-state index in [1.54, 1.807) is 12.1 Å². The van der Waals surface area contributed by atoms with Gasteiger partial charge in [-0.2, -0.15) is 0 Å². The summed E-state index contributed by atoms with van der Waals surface area (Å²) in [5.74, 6) is -0.209. The summed E-state index contributed by atoms with van der Waals surface area (Å²) in [5, 5.41) is 3.86. The lowest BCUT2D eigenvalue weighted by molar-refractivity contribution is 0.0627. The molecule has 0 amide bonds. The first-order valence-electron chi connectivity index (χ1n) is 6.45. The van der Waals surface area contributed by atoms with Gasteiger partial charge in [-0.3, -0.25) is 4.90 Å². The van der Waals surface area contributed by atoms with Crippen molar-refractivity contribution in [3.05, 3.63) is 34.6 Å². The first kappa shape index (κ1) is 13.8. The smallest absolute Gasteiger partial charge is 0.129 e. The highest BCUT2D eigenvalue weighted by Gasteiger charge is 2.32. The third kappa shape index (κ3) is 2.85. The summed E-state index contributed by atoms with van der Waals surface area (Å²) in [5.41, 5.74) is 0.825. The molecule has 2 nitrogen and oxygen atoms in total. The monoisotopic (exact) mass is 270 g/mol. The third-order valence-electron chi connectivity index (χ3n) is 3.97. The normalized spacial score (nSPS) is 25.3. The summed E-state index contributed by atoms with van der Waals surface area (Å²) in [7, 11) is 0. The molecule has 0 aromatic heterocycles. The number of rotatable bonds is 3. The van der Waals surface area contributed by atoms with Crippen LogP contribution in [0.25, 0.3) is 0 Å². The molecule has 1 aliphatic heterocycles. The zero-order valence-electron chi connectivity index (χ0n) is 11.0. The van der Waals surface area contributed by atoms with E-state index in [9.17, 15) is 4.39 Å². The van der Waals surface area contributed by atoms with Crippen molar-refractivity contribution >= 4 is 11.6 Å². The molecule has 1 saturated heterocycles. The quantitative estimate of drug-likeness (QED) is 0.908. The Morgan fingerprint density at radius 1 is 1.50 bits per heavy atom. The van der Waals surface area contributed by atoms with E-state index in [1.807, 2.05) is 0 Å². The van der Waals surface area contributed by atoms with E-state index in [4.69, 9.17) is 11.6 Å². The van der Waals surface area contributed by atoms with Gasteiger partial charge in [0.1, 0.15) is 5.82 Å². The first-order valence-corrected chi connectivity index (χ1v) is 6.82. The van der Waals surface area contributed by atoms with Gasteiger partial charge in [0.25, 0.3) is 0 Å². The maximum atomic E-state index is 13.8. The van der Waals surface area contributed by atoms with Crippen molar-refractivity contribution in [3.63, 3.8) is 0 Å². The minimum absolute atomic E-state index is 0.102. The van der Waals surface area contributed by atoms with E-state index in [0.717, 1.165) is 31.6 Å². The molecule has 1 aliphatic rings. The Morgan fingerprint density at radius 3 is 2.94 bits per heavy atom. The first-order chi connectivity index (χ1) is 8.55. The van der Waals surface area contributed by atoms with Gasteiger partial charge in [0.2, 0.25) is 0 Å². The lowest BCUT2D eigenvalue weighted by atomic mass is 9.93. The second-order valence-electron chi connectivity index (χ2n) is 5.18. The van der Waals surface area contributed by atoms with E-state index < -0.39 is 0 Å². The number of piperazine rings is 1. The highest BCUT2D eigenvalue weighted by Crippen LogP contribution is 2.25. The van der Waals surface area contributed by atoms with Crippen LogP contribution < -0.4 is 5.32 Å². The molecular weight excluding hydrogens is 251 g/mol. The van der Waals surface area contributed by atoms with Crippen LogP contribution in [0.2, 0.25) is 5.02 Å². The van der Waals surface area contributed by atoms with Crippen LogP contribution in [0.15, 0.2) is 18.2 Å². The maximum Gasteiger partial charge on any atom is 0.129 e. The second-order valence-corrected chi connectivity index (χ2v) is 5.62. The molecule has 1 N–H and O–H groups in total. The van der Waals surface area contributed by atoms with Crippen molar-refractivity contribution in [1.82, 2.24) is 10.2 Å². The molecule has 2 rings (SSSR count). The van der Waals surface area contributed by atoms with Gasteiger partial charge in [0.05, 0.1) is 0 Å². The molecule has 100 valence electrons. The fourth-order valence-electron chi connectivity index (χ4n) is 2.43. The van der Waals surface area contributed by atoms with E-state index >= 15 is 0 Å². The predicted octanol–water partition coefficient (Wildman–Crippen LogP) is 3.05. The summed E-state index contributed by atoms with van der Waals surface area (Å²) >= 11 is 5.78. The predicted molar refractivity (Wildman–Crippen MR) is 73.4 cm³/mol. The number of nitrogens with zero attached hydrogens (tertiary/aromatic N) is 1. The van der Waals surface area contributed by atoms with Crippen molar-refractivity contribution < 1.29 is 4.39 Å². The summed E-state index contributed by atoms with van der Waals surface area (Å²) < 4.78 is 13.8. The number of hydrogen-bond donors (Lipinski definition) is 1. The van der Waals surface area contributed by atoms with E-state index in [-0.39, 0.29) is 11.4 Å². The van der Waals surface area contributed by atoms with Crippen LogP contribution in [0.1, 0.15) is 25.8 Å². The molecule has 18 heavy (non-hydrogen) atoms. The average molecular weight is 271 g/mol.